The zero-order chi connectivity index (χ0) is 9.14. The molecule has 0 aromatic heterocycles. The van der Waals surface area contributed by atoms with Crippen molar-refractivity contribution in [3.05, 3.63) is 9.85 Å². The predicted octanol–water partition coefficient (Wildman–Crippen LogP) is -2.16. The van der Waals surface area contributed by atoms with E-state index in [0.29, 0.717) is 3.78 Å². The van der Waals surface area contributed by atoms with Gasteiger partial charge in [0.05, 0.1) is 0 Å². The Kier molecular flexibility index (Phi) is 2.67. The molecule has 62 valence electrons. The fraction of sp³-hybridized carbons (Fsp3) is 0.667. The van der Waals surface area contributed by atoms with E-state index in [0.717, 1.165) is 0 Å². The summed E-state index contributed by atoms with van der Waals surface area (Å²) in [6, 6.07) is 0. The first kappa shape index (κ1) is 7.85. The van der Waals surface area contributed by atoms with Crippen LogP contribution in [0.2, 0.25) is 0 Å². The van der Waals surface area contributed by atoms with E-state index in [1.54, 1.807) is 0 Å². The first-order valence-corrected chi connectivity index (χ1v) is 4.65. The Balaban J connectivity index is 2.68. The SMILES string of the molecule is [2H][Sn][C]1=C[C@@H](O)[C@H](O)[C@@H](CO)O1. The molecule has 1 rings (SSSR count). The average molecular weight is 266 g/mol. The molecule has 5 heteroatoms. The van der Waals surface area contributed by atoms with Crippen molar-refractivity contribution in [2.45, 2.75) is 18.3 Å². The van der Waals surface area contributed by atoms with Crippen LogP contribution in [-0.2, 0) is 4.74 Å². The summed E-state index contributed by atoms with van der Waals surface area (Å²) in [5, 5.41) is 27.2. The zero-order valence-electron chi connectivity index (χ0n) is 6.77. The molecular weight excluding hydrogens is 255 g/mol. The molecule has 1 heterocycles. The van der Waals surface area contributed by atoms with Crippen molar-refractivity contribution in [2.24, 2.45) is 0 Å². The number of hydrogen-bond acceptors (Lipinski definition) is 4. The van der Waals surface area contributed by atoms with Crippen LogP contribution in [-0.4, -0.2) is 63.2 Å². The molecule has 4 nitrogen and oxygen atoms in total. The summed E-state index contributed by atoms with van der Waals surface area (Å²) in [7, 11) is 0. The van der Waals surface area contributed by atoms with Crippen LogP contribution in [0.25, 0.3) is 0 Å². The van der Waals surface area contributed by atoms with Crippen molar-refractivity contribution in [1.29, 1.82) is 0.598 Å². The van der Waals surface area contributed by atoms with E-state index < -0.39 is 40.6 Å². The van der Waals surface area contributed by atoms with Crippen LogP contribution in [0.15, 0.2) is 9.85 Å². The van der Waals surface area contributed by atoms with Gasteiger partial charge >= 0.3 is 77.8 Å². The topological polar surface area (TPSA) is 69.9 Å². The maximum absolute atomic E-state index is 9.23. The van der Waals surface area contributed by atoms with E-state index in [4.69, 9.17) is 10.4 Å². The van der Waals surface area contributed by atoms with Gasteiger partial charge < -0.3 is 0 Å². The van der Waals surface area contributed by atoms with Crippen LogP contribution in [0.5, 0.6) is 0 Å². The number of ether oxygens (including phenoxy) is 1. The zero-order valence-corrected chi connectivity index (χ0v) is 8.62. The fourth-order valence-electron chi connectivity index (χ4n) is 0.891. The van der Waals surface area contributed by atoms with Crippen molar-refractivity contribution >= 4 is 22.3 Å². The molecule has 3 N–H and O–H groups in total. The molecule has 2 radical (unpaired) electrons. The van der Waals surface area contributed by atoms with Gasteiger partial charge in [-0.15, -0.1) is 0 Å². The van der Waals surface area contributed by atoms with Crippen molar-refractivity contribution in [2.75, 3.05) is 6.61 Å². The van der Waals surface area contributed by atoms with Gasteiger partial charge in [0.25, 0.3) is 0 Å². The van der Waals surface area contributed by atoms with E-state index in [1.165, 1.54) is 6.08 Å². The average Bonchev–Trinajstić information content (AvgIpc) is 2.09. The van der Waals surface area contributed by atoms with Crippen LogP contribution >= 0.6 is 0 Å². The summed E-state index contributed by atoms with van der Waals surface area (Å²) < 4.78 is 12.6. The summed E-state index contributed by atoms with van der Waals surface area (Å²) in [5.74, 6) is 0. The van der Waals surface area contributed by atoms with Crippen LogP contribution in [0.3, 0.4) is 0 Å². The number of aliphatic hydroxyl groups is 3. The Labute approximate surface area is 78.0 Å². The second kappa shape index (κ2) is 3.75. The third-order valence-electron chi connectivity index (χ3n) is 1.51. The van der Waals surface area contributed by atoms with E-state index in [2.05, 4.69) is 0 Å². The Bertz CT molecular complexity index is 186. The van der Waals surface area contributed by atoms with E-state index in [1.807, 2.05) is 0 Å². The number of rotatable bonds is 2. The van der Waals surface area contributed by atoms with Crippen molar-refractivity contribution in [3.63, 3.8) is 0 Å². The van der Waals surface area contributed by atoms with E-state index in [-0.39, 0.29) is 6.61 Å². The minimum absolute atomic E-state index is 0.338. The molecule has 0 fully saturated rings. The van der Waals surface area contributed by atoms with Crippen LogP contribution in [0.4, 0.5) is 0 Å². The predicted molar refractivity (Wildman–Crippen MR) is 39.2 cm³/mol. The van der Waals surface area contributed by atoms with Gasteiger partial charge in [0.2, 0.25) is 0 Å². The van der Waals surface area contributed by atoms with Gasteiger partial charge in [0.15, 0.2) is 0 Å². The molecule has 0 amide bonds. The Morgan fingerprint density at radius 1 is 1.73 bits per heavy atom. The first-order valence-electron chi connectivity index (χ1n) is 3.72. The second-order valence-electron chi connectivity index (χ2n) is 2.35. The third-order valence-corrected chi connectivity index (χ3v) is 2.32. The molecular formula is C6H10O4Sn. The van der Waals surface area contributed by atoms with E-state index >= 15 is 0 Å². The quantitative estimate of drug-likeness (QED) is 0.498. The van der Waals surface area contributed by atoms with Gasteiger partial charge in [-0.25, -0.2) is 0 Å². The van der Waals surface area contributed by atoms with Gasteiger partial charge in [-0.05, 0) is 0 Å². The van der Waals surface area contributed by atoms with Gasteiger partial charge in [0, 0.05) is 0 Å². The maximum atomic E-state index is 9.23. The summed E-state index contributed by atoms with van der Waals surface area (Å²) in [4.78, 5) is 0. The Hall–Kier alpha value is 0.219. The van der Waals surface area contributed by atoms with Crippen molar-refractivity contribution < 1.29 is 20.1 Å². The minimum atomic E-state index is -1.47. The summed E-state index contributed by atoms with van der Waals surface area (Å²) in [6.45, 7) is -0.338. The normalized spacial score (nSPS) is 39.0. The van der Waals surface area contributed by atoms with Crippen LogP contribution < -0.4 is 0 Å². The molecule has 3 atom stereocenters. The Morgan fingerprint density at radius 2 is 2.45 bits per heavy atom. The molecule has 0 unspecified atom stereocenters. The first-order chi connectivity index (χ1) is 5.69. The third kappa shape index (κ3) is 2.08. The number of hydrogen-bond donors (Lipinski definition) is 3. The molecule has 0 aromatic rings. The van der Waals surface area contributed by atoms with Gasteiger partial charge in [-0.1, -0.05) is 0 Å². The molecule has 0 spiro atoms. The van der Waals surface area contributed by atoms with E-state index in [9.17, 15) is 10.2 Å². The molecule has 11 heavy (non-hydrogen) atoms. The standard InChI is InChI=1S/C6H9O4.Sn.H/c7-3-5-6(9)4(8)1-2-10-5;;/h1,4-9H,3H2;;/t4-,5-,6+;;/m1../s1/i;;1+1. The molecule has 0 aromatic carbocycles. The Morgan fingerprint density at radius 3 is 3.00 bits per heavy atom. The molecule has 1 aliphatic heterocycles. The molecule has 0 bridgehead atoms. The van der Waals surface area contributed by atoms with Crippen molar-refractivity contribution in [1.82, 2.24) is 0 Å². The fourth-order valence-corrected chi connectivity index (χ4v) is 1.81. The molecule has 1 aliphatic rings. The van der Waals surface area contributed by atoms with Crippen LogP contribution in [0.1, 0.15) is 0 Å². The number of aliphatic hydroxyl groups excluding tert-OH is 3. The van der Waals surface area contributed by atoms with Gasteiger partial charge in [-0.3, -0.25) is 0 Å². The van der Waals surface area contributed by atoms with Crippen molar-refractivity contribution in [3.8, 4) is 0 Å². The summed E-state index contributed by atoms with van der Waals surface area (Å²) in [5.41, 5.74) is 0. The van der Waals surface area contributed by atoms with Gasteiger partial charge in [-0.2, -0.15) is 0 Å². The molecule has 0 saturated carbocycles. The summed E-state index contributed by atoms with van der Waals surface area (Å²) >= 11 is -1.47. The van der Waals surface area contributed by atoms with Crippen LogP contribution in [0, 0.1) is 0 Å². The monoisotopic (exact) mass is 267 g/mol. The molecule has 0 saturated heterocycles. The molecule has 0 aliphatic carbocycles. The van der Waals surface area contributed by atoms with Gasteiger partial charge in [0.1, 0.15) is 0 Å². The second-order valence-corrected chi connectivity index (χ2v) is 3.76. The summed E-state index contributed by atoms with van der Waals surface area (Å²) in [6.07, 6.45) is -1.50.